The van der Waals surface area contributed by atoms with Gasteiger partial charge >= 0.3 is 0 Å². The summed E-state index contributed by atoms with van der Waals surface area (Å²) in [5, 5.41) is 5.26. The summed E-state index contributed by atoms with van der Waals surface area (Å²) in [6, 6.07) is 8.59. The molecule has 1 fully saturated rings. The van der Waals surface area contributed by atoms with Gasteiger partial charge in [0.15, 0.2) is 5.13 Å². The van der Waals surface area contributed by atoms with Crippen LogP contribution in [0, 0.1) is 6.92 Å². The molecule has 1 aromatic carbocycles. The van der Waals surface area contributed by atoms with E-state index in [2.05, 4.69) is 10.3 Å². The van der Waals surface area contributed by atoms with Crippen molar-refractivity contribution in [1.29, 1.82) is 0 Å². The summed E-state index contributed by atoms with van der Waals surface area (Å²) >= 11 is 2.97. The summed E-state index contributed by atoms with van der Waals surface area (Å²) in [7, 11) is 0. The number of carbonyl (C=O) groups is 2. The first-order valence-corrected chi connectivity index (χ1v) is 8.85. The fraction of sp³-hybridized carbons (Fsp3) is 0.267. The lowest BCUT2D eigenvalue weighted by Crippen LogP contribution is -2.44. The van der Waals surface area contributed by atoms with Crippen LogP contribution in [0.4, 0.5) is 5.13 Å². The molecule has 2 amide bonds. The lowest BCUT2D eigenvalue weighted by molar-refractivity contribution is -0.119. The van der Waals surface area contributed by atoms with Crippen molar-refractivity contribution in [3.8, 4) is 0 Å². The standard InChI is InChI=1S/C15H15N3O2S2/c1-10-7-22-15(16-10)17-13(19)12-8-21-9-18(12)14(20)11-5-3-2-4-6-11/h2-7,12H,8-9H2,1H3,(H,16,17,19)/t12-/m0/s1. The average Bonchev–Trinajstić information content (AvgIpc) is 3.16. The molecule has 1 aliphatic rings. The number of nitrogens with one attached hydrogen (secondary N) is 1. The van der Waals surface area contributed by atoms with Gasteiger partial charge in [-0.1, -0.05) is 18.2 Å². The molecule has 5 nitrogen and oxygen atoms in total. The number of benzene rings is 1. The topological polar surface area (TPSA) is 62.3 Å². The van der Waals surface area contributed by atoms with Gasteiger partial charge < -0.3 is 10.2 Å². The van der Waals surface area contributed by atoms with E-state index >= 15 is 0 Å². The van der Waals surface area contributed by atoms with Gasteiger partial charge in [-0.25, -0.2) is 4.98 Å². The molecule has 0 unspecified atom stereocenters. The molecule has 3 rings (SSSR count). The number of thioether (sulfide) groups is 1. The number of anilines is 1. The second-order valence-electron chi connectivity index (χ2n) is 4.94. The Labute approximate surface area is 136 Å². The minimum absolute atomic E-state index is 0.110. The van der Waals surface area contributed by atoms with Gasteiger partial charge in [-0.2, -0.15) is 0 Å². The van der Waals surface area contributed by atoms with Gasteiger partial charge in [0.25, 0.3) is 5.91 Å². The van der Waals surface area contributed by atoms with Gasteiger partial charge in [0.1, 0.15) is 6.04 Å². The normalized spacial score (nSPS) is 17.5. The summed E-state index contributed by atoms with van der Waals surface area (Å²) in [6.45, 7) is 1.88. The molecule has 1 aliphatic heterocycles. The van der Waals surface area contributed by atoms with Crippen LogP contribution < -0.4 is 5.32 Å². The van der Waals surface area contributed by atoms with Crippen molar-refractivity contribution >= 4 is 40.0 Å². The highest BCUT2D eigenvalue weighted by Crippen LogP contribution is 2.25. The third-order valence-corrected chi connectivity index (χ3v) is 5.20. The van der Waals surface area contributed by atoms with Gasteiger partial charge in [-0.3, -0.25) is 9.59 Å². The van der Waals surface area contributed by atoms with Crippen molar-refractivity contribution in [2.24, 2.45) is 0 Å². The summed E-state index contributed by atoms with van der Waals surface area (Å²) < 4.78 is 0. The number of rotatable bonds is 3. The van der Waals surface area contributed by atoms with E-state index in [4.69, 9.17) is 0 Å². The molecule has 1 N–H and O–H groups in total. The fourth-order valence-corrected chi connectivity index (χ4v) is 4.05. The lowest BCUT2D eigenvalue weighted by Gasteiger charge is -2.22. The molecular weight excluding hydrogens is 318 g/mol. The molecule has 1 saturated heterocycles. The van der Waals surface area contributed by atoms with E-state index in [9.17, 15) is 9.59 Å². The maximum absolute atomic E-state index is 12.5. The predicted octanol–water partition coefficient (Wildman–Crippen LogP) is 2.61. The molecule has 1 atom stereocenters. The van der Waals surface area contributed by atoms with Crippen molar-refractivity contribution in [1.82, 2.24) is 9.88 Å². The van der Waals surface area contributed by atoms with E-state index in [1.807, 2.05) is 30.5 Å². The smallest absolute Gasteiger partial charge is 0.255 e. The molecule has 0 saturated carbocycles. The zero-order valence-electron chi connectivity index (χ0n) is 12.0. The van der Waals surface area contributed by atoms with Gasteiger partial charge in [-0.15, -0.1) is 23.1 Å². The number of aromatic nitrogens is 1. The van der Waals surface area contributed by atoms with Crippen LogP contribution in [0.25, 0.3) is 0 Å². The minimum Gasteiger partial charge on any atom is -0.316 e. The Morgan fingerprint density at radius 1 is 1.32 bits per heavy atom. The van der Waals surface area contributed by atoms with Gasteiger partial charge in [-0.05, 0) is 19.1 Å². The van der Waals surface area contributed by atoms with E-state index in [1.54, 1.807) is 28.8 Å². The van der Waals surface area contributed by atoms with Crippen LogP contribution in [-0.2, 0) is 4.79 Å². The number of hydrogen-bond acceptors (Lipinski definition) is 5. The molecule has 22 heavy (non-hydrogen) atoms. The SMILES string of the molecule is Cc1csc(NC(=O)[C@@H]2CSCN2C(=O)c2ccccc2)n1. The molecule has 0 radical (unpaired) electrons. The summed E-state index contributed by atoms with van der Waals surface area (Å²) in [5.74, 6) is 0.849. The van der Waals surface area contributed by atoms with Crippen molar-refractivity contribution in [3.63, 3.8) is 0 Å². The molecule has 7 heteroatoms. The van der Waals surface area contributed by atoms with Crippen LogP contribution in [0.15, 0.2) is 35.7 Å². The Kier molecular flexibility index (Phi) is 4.44. The van der Waals surface area contributed by atoms with Crippen molar-refractivity contribution in [2.75, 3.05) is 16.9 Å². The summed E-state index contributed by atoms with van der Waals surface area (Å²) in [5.41, 5.74) is 1.48. The van der Waals surface area contributed by atoms with Crippen molar-refractivity contribution < 1.29 is 9.59 Å². The average molecular weight is 333 g/mol. The van der Waals surface area contributed by atoms with E-state index in [-0.39, 0.29) is 11.8 Å². The third-order valence-electron chi connectivity index (χ3n) is 3.32. The first kappa shape index (κ1) is 15.1. The first-order chi connectivity index (χ1) is 10.6. The third kappa shape index (κ3) is 3.15. The molecule has 1 aromatic heterocycles. The second-order valence-corrected chi connectivity index (χ2v) is 6.80. The maximum Gasteiger partial charge on any atom is 0.255 e. The van der Waals surface area contributed by atoms with Crippen molar-refractivity contribution in [3.05, 3.63) is 47.0 Å². The Morgan fingerprint density at radius 3 is 2.77 bits per heavy atom. The predicted molar refractivity (Wildman–Crippen MR) is 89.2 cm³/mol. The molecule has 2 heterocycles. The molecular formula is C15H15N3O2S2. The molecule has 2 aromatic rings. The first-order valence-electron chi connectivity index (χ1n) is 6.82. The van der Waals surface area contributed by atoms with Crippen LogP contribution in [-0.4, -0.2) is 39.4 Å². The second kappa shape index (κ2) is 6.50. The number of thiazole rings is 1. The lowest BCUT2D eigenvalue weighted by atomic mass is 10.1. The van der Waals surface area contributed by atoms with Gasteiger partial charge in [0.2, 0.25) is 5.91 Å². The van der Waals surface area contributed by atoms with Crippen LogP contribution in [0.2, 0.25) is 0 Å². The van der Waals surface area contributed by atoms with Crippen molar-refractivity contribution in [2.45, 2.75) is 13.0 Å². The van der Waals surface area contributed by atoms with E-state index in [0.29, 0.717) is 22.3 Å². The van der Waals surface area contributed by atoms with E-state index in [0.717, 1.165) is 5.69 Å². The largest absolute Gasteiger partial charge is 0.316 e. The highest BCUT2D eigenvalue weighted by atomic mass is 32.2. The zero-order valence-corrected chi connectivity index (χ0v) is 13.6. The highest BCUT2D eigenvalue weighted by Gasteiger charge is 2.35. The Hall–Kier alpha value is -1.86. The molecule has 114 valence electrons. The fourth-order valence-electron chi connectivity index (χ4n) is 2.21. The van der Waals surface area contributed by atoms with E-state index in [1.165, 1.54) is 11.3 Å². The number of carbonyl (C=O) groups excluding carboxylic acids is 2. The number of hydrogen-bond donors (Lipinski definition) is 1. The molecule has 0 aliphatic carbocycles. The molecule has 0 spiro atoms. The van der Waals surface area contributed by atoms with E-state index < -0.39 is 6.04 Å². The minimum atomic E-state index is -0.457. The van der Waals surface area contributed by atoms with Gasteiger partial charge in [0, 0.05) is 16.7 Å². The quantitative estimate of drug-likeness (QED) is 0.938. The Morgan fingerprint density at radius 2 is 2.09 bits per heavy atom. The number of aryl methyl sites for hydroxylation is 1. The number of nitrogens with zero attached hydrogens (tertiary/aromatic N) is 2. The van der Waals surface area contributed by atoms with Crippen LogP contribution in [0.3, 0.4) is 0 Å². The molecule has 0 bridgehead atoms. The van der Waals surface area contributed by atoms with Gasteiger partial charge in [0.05, 0.1) is 11.6 Å². The maximum atomic E-state index is 12.5. The highest BCUT2D eigenvalue weighted by molar-refractivity contribution is 7.99. The zero-order chi connectivity index (χ0) is 15.5. The number of amides is 2. The summed E-state index contributed by atoms with van der Waals surface area (Å²) in [6.07, 6.45) is 0. The van der Waals surface area contributed by atoms with Crippen LogP contribution >= 0.6 is 23.1 Å². The summed E-state index contributed by atoms with van der Waals surface area (Å²) in [4.78, 5) is 30.8. The van der Waals surface area contributed by atoms with Crippen LogP contribution in [0.5, 0.6) is 0 Å². The Balaban J connectivity index is 1.72. The monoisotopic (exact) mass is 333 g/mol. The Bertz CT molecular complexity index is 687. The van der Waals surface area contributed by atoms with Crippen LogP contribution in [0.1, 0.15) is 16.1 Å².